The highest BCUT2D eigenvalue weighted by Crippen LogP contribution is 2.16. The van der Waals surface area contributed by atoms with Crippen LogP contribution in [0.3, 0.4) is 0 Å². The van der Waals surface area contributed by atoms with Gasteiger partial charge in [-0.1, -0.05) is 22.6 Å². The molecule has 1 rings (SSSR count). The van der Waals surface area contributed by atoms with Crippen LogP contribution in [-0.4, -0.2) is 16.9 Å². The normalized spacial score (nSPS) is 10.1. The van der Waals surface area contributed by atoms with Crippen molar-refractivity contribution in [3.05, 3.63) is 34.1 Å². The Morgan fingerprint density at radius 2 is 2.27 bits per heavy atom. The quantitative estimate of drug-likeness (QED) is 0.481. The van der Waals surface area contributed by atoms with Crippen molar-refractivity contribution in [3.63, 3.8) is 0 Å². The molecule has 0 bridgehead atoms. The first kappa shape index (κ1) is 12.9. The van der Waals surface area contributed by atoms with Crippen LogP contribution in [0.2, 0.25) is 0 Å². The van der Waals surface area contributed by atoms with Crippen molar-refractivity contribution in [2.45, 2.75) is 6.42 Å². The van der Waals surface area contributed by atoms with Crippen LogP contribution in [0.25, 0.3) is 0 Å². The lowest BCUT2D eigenvalue weighted by molar-refractivity contribution is 0.0953. The number of halogens is 3. The molecule has 1 amide bonds. The molecule has 1 aromatic carbocycles. The fourth-order valence-electron chi connectivity index (χ4n) is 1.01. The monoisotopic (exact) mass is 385 g/mol. The van der Waals surface area contributed by atoms with Gasteiger partial charge in [-0.05, 0) is 40.5 Å². The summed E-state index contributed by atoms with van der Waals surface area (Å²) < 4.78 is 14.5. The molecular formula is C10H10BrFINO. The van der Waals surface area contributed by atoms with Crippen molar-refractivity contribution in [3.8, 4) is 0 Å². The lowest BCUT2D eigenvalue weighted by Crippen LogP contribution is -2.24. The number of carbonyl (C=O) groups excluding carboxylic acids is 1. The van der Waals surface area contributed by atoms with Gasteiger partial charge in [-0.15, -0.1) is 0 Å². The van der Waals surface area contributed by atoms with E-state index in [2.05, 4.69) is 43.8 Å². The minimum absolute atomic E-state index is 0.230. The number of carbonyl (C=O) groups is 1. The number of rotatable bonds is 4. The van der Waals surface area contributed by atoms with Crippen molar-refractivity contribution in [2.24, 2.45) is 0 Å². The average Bonchev–Trinajstić information content (AvgIpc) is 2.22. The Hall–Kier alpha value is -0.170. The van der Waals surface area contributed by atoms with E-state index in [-0.39, 0.29) is 5.91 Å². The minimum Gasteiger partial charge on any atom is -0.352 e. The molecule has 0 aromatic heterocycles. The van der Waals surface area contributed by atoms with Gasteiger partial charge in [0.1, 0.15) is 5.82 Å². The molecular weight excluding hydrogens is 376 g/mol. The van der Waals surface area contributed by atoms with Crippen LogP contribution in [0.1, 0.15) is 16.8 Å². The summed E-state index contributed by atoms with van der Waals surface area (Å²) >= 11 is 5.28. The van der Waals surface area contributed by atoms with Gasteiger partial charge in [0.2, 0.25) is 0 Å². The van der Waals surface area contributed by atoms with E-state index in [1.807, 2.05) is 0 Å². The molecule has 0 atom stereocenters. The Morgan fingerprint density at radius 3 is 2.87 bits per heavy atom. The maximum Gasteiger partial charge on any atom is 0.251 e. The van der Waals surface area contributed by atoms with Crippen molar-refractivity contribution >= 4 is 44.4 Å². The van der Waals surface area contributed by atoms with Crippen LogP contribution in [0.15, 0.2) is 22.7 Å². The molecule has 5 heteroatoms. The Labute approximate surface area is 110 Å². The van der Waals surface area contributed by atoms with E-state index in [1.165, 1.54) is 12.1 Å². The molecule has 15 heavy (non-hydrogen) atoms. The Bertz CT molecular complexity index is 359. The largest absolute Gasteiger partial charge is 0.352 e. The van der Waals surface area contributed by atoms with Crippen LogP contribution in [0.4, 0.5) is 4.39 Å². The molecule has 82 valence electrons. The highest BCUT2D eigenvalue weighted by molar-refractivity contribution is 14.1. The van der Waals surface area contributed by atoms with Crippen LogP contribution in [-0.2, 0) is 0 Å². The van der Waals surface area contributed by atoms with Gasteiger partial charge < -0.3 is 5.32 Å². The first-order chi connectivity index (χ1) is 7.15. The van der Waals surface area contributed by atoms with Gasteiger partial charge in [0.05, 0.1) is 4.47 Å². The predicted octanol–water partition coefficient (Wildman–Crippen LogP) is 3.14. The summed E-state index contributed by atoms with van der Waals surface area (Å²) in [4.78, 5) is 11.5. The van der Waals surface area contributed by atoms with E-state index < -0.39 is 5.82 Å². The zero-order chi connectivity index (χ0) is 11.3. The predicted molar refractivity (Wildman–Crippen MR) is 69.9 cm³/mol. The van der Waals surface area contributed by atoms with Crippen molar-refractivity contribution < 1.29 is 9.18 Å². The third kappa shape index (κ3) is 4.06. The van der Waals surface area contributed by atoms with E-state index in [4.69, 9.17) is 0 Å². The topological polar surface area (TPSA) is 29.1 Å². The van der Waals surface area contributed by atoms with Crippen molar-refractivity contribution in [1.82, 2.24) is 5.32 Å². The van der Waals surface area contributed by atoms with Crippen LogP contribution in [0.5, 0.6) is 0 Å². The van der Waals surface area contributed by atoms with E-state index in [0.717, 1.165) is 10.8 Å². The van der Waals surface area contributed by atoms with Crippen molar-refractivity contribution in [1.29, 1.82) is 0 Å². The number of alkyl halides is 1. The number of hydrogen-bond donors (Lipinski definition) is 1. The molecule has 0 saturated heterocycles. The molecule has 0 heterocycles. The molecule has 0 unspecified atom stereocenters. The van der Waals surface area contributed by atoms with Crippen LogP contribution >= 0.6 is 38.5 Å². The molecule has 0 radical (unpaired) electrons. The summed E-state index contributed by atoms with van der Waals surface area (Å²) in [6.07, 6.45) is 0.922. The summed E-state index contributed by atoms with van der Waals surface area (Å²) in [6.45, 7) is 0.624. The Kier molecular flexibility index (Phi) is 5.52. The second-order valence-electron chi connectivity index (χ2n) is 2.93. The molecule has 0 spiro atoms. The fraction of sp³-hybridized carbons (Fsp3) is 0.300. The lowest BCUT2D eigenvalue weighted by Gasteiger charge is -2.04. The summed E-state index contributed by atoms with van der Waals surface area (Å²) in [7, 11) is 0. The van der Waals surface area contributed by atoms with E-state index >= 15 is 0 Å². The molecule has 0 saturated carbocycles. The van der Waals surface area contributed by atoms with Gasteiger partial charge in [-0.2, -0.15) is 0 Å². The Morgan fingerprint density at radius 1 is 1.53 bits per heavy atom. The highest BCUT2D eigenvalue weighted by atomic mass is 127. The molecule has 0 fully saturated rings. The van der Waals surface area contributed by atoms with Gasteiger partial charge in [0.15, 0.2) is 0 Å². The van der Waals surface area contributed by atoms with Gasteiger partial charge in [-0.25, -0.2) is 4.39 Å². The minimum atomic E-state index is -0.420. The molecule has 0 aliphatic carbocycles. The average molecular weight is 386 g/mol. The molecule has 1 aromatic rings. The smallest absolute Gasteiger partial charge is 0.251 e. The number of benzene rings is 1. The molecule has 2 nitrogen and oxygen atoms in total. The third-order valence-electron chi connectivity index (χ3n) is 1.78. The Balaban J connectivity index is 2.62. The van der Waals surface area contributed by atoms with Gasteiger partial charge in [0, 0.05) is 16.5 Å². The lowest BCUT2D eigenvalue weighted by atomic mass is 10.2. The summed E-state index contributed by atoms with van der Waals surface area (Å²) in [5.74, 6) is -0.650. The molecule has 0 aliphatic heterocycles. The van der Waals surface area contributed by atoms with Crippen LogP contribution in [0, 0.1) is 5.82 Å². The van der Waals surface area contributed by atoms with Gasteiger partial charge in [0.25, 0.3) is 5.91 Å². The first-order valence-electron chi connectivity index (χ1n) is 4.44. The zero-order valence-electron chi connectivity index (χ0n) is 7.90. The number of amides is 1. The summed E-state index contributed by atoms with van der Waals surface area (Å²) in [5.41, 5.74) is 0.351. The maximum atomic E-state index is 13.1. The maximum absolute atomic E-state index is 13.1. The van der Waals surface area contributed by atoms with E-state index in [9.17, 15) is 9.18 Å². The number of nitrogens with one attached hydrogen (secondary N) is 1. The SMILES string of the molecule is O=C(NCCCI)c1ccc(Br)c(F)c1. The number of hydrogen-bond acceptors (Lipinski definition) is 1. The first-order valence-corrected chi connectivity index (χ1v) is 6.76. The third-order valence-corrected chi connectivity index (χ3v) is 3.18. The summed E-state index contributed by atoms with van der Waals surface area (Å²) in [6, 6.07) is 4.35. The fourth-order valence-corrected chi connectivity index (χ4v) is 1.64. The zero-order valence-corrected chi connectivity index (χ0v) is 11.6. The van der Waals surface area contributed by atoms with Gasteiger partial charge in [-0.3, -0.25) is 4.79 Å². The highest BCUT2D eigenvalue weighted by Gasteiger charge is 2.07. The summed E-state index contributed by atoms with van der Waals surface area (Å²) in [5, 5.41) is 2.72. The van der Waals surface area contributed by atoms with Gasteiger partial charge >= 0.3 is 0 Å². The second-order valence-corrected chi connectivity index (χ2v) is 4.86. The van der Waals surface area contributed by atoms with E-state index in [0.29, 0.717) is 16.6 Å². The van der Waals surface area contributed by atoms with Crippen LogP contribution < -0.4 is 5.32 Å². The molecule has 1 N–H and O–H groups in total. The van der Waals surface area contributed by atoms with E-state index in [1.54, 1.807) is 6.07 Å². The second kappa shape index (κ2) is 6.42. The van der Waals surface area contributed by atoms with Crippen molar-refractivity contribution in [2.75, 3.05) is 11.0 Å². The standard InChI is InChI=1S/C10H10BrFINO/c11-8-3-2-7(6-9(8)12)10(15)14-5-1-4-13/h2-3,6H,1,4-5H2,(H,14,15). The molecule has 0 aliphatic rings.